The minimum Gasteiger partial charge on any atom is -0.457 e. The van der Waals surface area contributed by atoms with E-state index in [2.05, 4.69) is 11.8 Å². The number of carbonyl (C=O) groups excluding carboxylic acids is 1. The molecule has 0 aromatic heterocycles. The standard InChI is InChI=1S/C41H63ClO14/c1-20-16-27(15-13-12-14-26-18-28(26)42)53-36(45)23(4)41(47)19-30(22(3)31(55-41)21(2)29(17-20)48-9)54-37-35(50-11)40(8,33(44)25(6)51-37)56-38-34(49-10)39(7,46)32(43)24(5)52-38/h13,15,17,21-35,37-38,43-44,46-47H,16,18-19H2,1-11H3. The zero-order chi connectivity index (χ0) is 41.5. The topological polar surface area (TPSA) is 181 Å². The van der Waals surface area contributed by atoms with Gasteiger partial charge in [0, 0.05) is 57.3 Å². The molecule has 0 amide bonds. The van der Waals surface area contributed by atoms with Crippen molar-refractivity contribution in [2.45, 2.75) is 171 Å². The highest BCUT2D eigenvalue weighted by atomic mass is 35.5. The lowest BCUT2D eigenvalue weighted by atomic mass is 9.77. The second kappa shape index (κ2) is 17.9. The van der Waals surface area contributed by atoms with E-state index in [-0.39, 0.29) is 29.6 Å². The number of aliphatic hydroxyl groups is 4. The number of hydrogen-bond donors (Lipinski definition) is 4. The van der Waals surface area contributed by atoms with Crippen LogP contribution >= 0.6 is 11.6 Å². The van der Waals surface area contributed by atoms with E-state index in [0.29, 0.717) is 6.42 Å². The van der Waals surface area contributed by atoms with Crippen LogP contribution in [0.1, 0.15) is 74.7 Å². The molecule has 20 atom stereocenters. The summed E-state index contributed by atoms with van der Waals surface area (Å²) >= 11 is 6.09. The number of methoxy groups -OCH3 is 3. The fourth-order valence-electron chi connectivity index (χ4n) is 8.59. The summed E-state index contributed by atoms with van der Waals surface area (Å²) in [5.41, 5.74) is -2.42. The van der Waals surface area contributed by atoms with Crippen LogP contribution in [0, 0.1) is 35.5 Å². The zero-order valence-corrected chi connectivity index (χ0v) is 35.2. The molecule has 0 radical (unpaired) electrons. The average Bonchev–Trinajstić information content (AvgIpc) is 3.85. The third-order valence-corrected chi connectivity index (χ3v) is 13.0. The van der Waals surface area contributed by atoms with Crippen molar-refractivity contribution in [2.75, 3.05) is 21.3 Å². The molecule has 20 unspecified atom stereocenters. The van der Waals surface area contributed by atoms with Gasteiger partial charge < -0.3 is 63.1 Å². The monoisotopic (exact) mass is 814 g/mol. The molecule has 4 fully saturated rings. The normalized spacial score (nSPS) is 50.2. The average molecular weight is 815 g/mol. The Balaban J connectivity index is 1.44. The molecule has 1 aliphatic carbocycles. The predicted octanol–water partition coefficient (Wildman–Crippen LogP) is 2.99. The molecule has 318 valence electrons. The summed E-state index contributed by atoms with van der Waals surface area (Å²) in [7, 11) is 4.40. The number of cyclic esters (lactones) is 1. The van der Waals surface area contributed by atoms with Gasteiger partial charge in [-0.3, -0.25) is 4.79 Å². The summed E-state index contributed by atoms with van der Waals surface area (Å²) in [5, 5.41) is 46.0. The van der Waals surface area contributed by atoms with E-state index >= 15 is 0 Å². The zero-order valence-electron chi connectivity index (χ0n) is 34.4. The molecular formula is C41H63ClO14. The number of carbonyl (C=O) groups is 1. The van der Waals surface area contributed by atoms with Crippen molar-refractivity contribution < 1.29 is 67.9 Å². The summed E-state index contributed by atoms with van der Waals surface area (Å²) in [6.45, 7) is 13.7. The number of esters is 1. The van der Waals surface area contributed by atoms with Gasteiger partial charge in [-0.2, -0.15) is 0 Å². The molecule has 3 saturated heterocycles. The number of allylic oxidation sites excluding steroid dienone is 1. The van der Waals surface area contributed by atoms with Crippen LogP contribution in [0.5, 0.6) is 0 Å². The number of hydrogen-bond acceptors (Lipinski definition) is 14. The van der Waals surface area contributed by atoms with Crippen molar-refractivity contribution in [3.63, 3.8) is 0 Å². The number of aliphatic hydroxyl groups excluding tert-OH is 2. The minimum atomic E-state index is -2.04. The molecule has 4 N–H and O–H groups in total. The van der Waals surface area contributed by atoms with Crippen LogP contribution in [0.25, 0.3) is 0 Å². The molecule has 4 aliphatic heterocycles. The number of ether oxygens (including phenoxy) is 9. The van der Waals surface area contributed by atoms with E-state index < -0.39 is 102 Å². The Morgan fingerprint density at radius 2 is 1.55 bits per heavy atom. The second-order valence-electron chi connectivity index (χ2n) is 16.8. The Morgan fingerprint density at radius 3 is 2.16 bits per heavy atom. The van der Waals surface area contributed by atoms with E-state index in [1.807, 2.05) is 26.8 Å². The Bertz CT molecular complexity index is 1500. The molecule has 14 nitrogen and oxygen atoms in total. The lowest BCUT2D eigenvalue weighted by molar-refractivity contribution is -0.405. The van der Waals surface area contributed by atoms with Gasteiger partial charge in [0.15, 0.2) is 18.4 Å². The van der Waals surface area contributed by atoms with Gasteiger partial charge in [-0.15, -0.1) is 11.6 Å². The van der Waals surface area contributed by atoms with Crippen molar-refractivity contribution in [1.29, 1.82) is 0 Å². The lowest BCUT2D eigenvalue weighted by Crippen LogP contribution is -2.72. The summed E-state index contributed by atoms with van der Waals surface area (Å²) in [6, 6.07) is 0. The van der Waals surface area contributed by atoms with Crippen LogP contribution in [0.15, 0.2) is 23.8 Å². The Morgan fingerprint density at radius 1 is 0.929 bits per heavy atom. The first-order valence-corrected chi connectivity index (χ1v) is 20.1. The summed E-state index contributed by atoms with van der Waals surface area (Å²) < 4.78 is 55.6. The maximum absolute atomic E-state index is 13.8. The first-order chi connectivity index (χ1) is 26.2. The van der Waals surface area contributed by atoms with E-state index in [4.69, 9.17) is 54.2 Å². The molecular weight excluding hydrogens is 752 g/mol. The van der Waals surface area contributed by atoms with Crippen molar-refractivity contribution in [1.82, 2.24) is 0 Å². The molecule has 0 aromatic rings. The predicted molar refractivity (Wildman–Crippen MR) is 203 cm³/mol. The van der Waals surface area contributed by atoms with Crippen LogP contribution < -0.4 is 0 Å². The van der Waals surface area contributed by atoms with Crippen LogP contribution in [0.3, 0.4) is 0 Å². The molecule has 0 aromatic carbocycles. The van der Waals surface area contributed by atoms with Gasteiger partial charge >= 0.3 is 5.97 Å². The second-order valence-corrected chi connectivity index (χ2v) is 17.4. The summed E-state index contributed by atoms with van der Waals surface area (Å²) in [6.07, 6.45) is -5.04. The van der Waals surface area contributed by atoms with Crippen LogP contribution in [0.2, 0.25) is 0 Å². The molecule has 0 spiro atoms. The Hall–Kier alpha value is -1.68. The summed E-state index contributed by atoms with van der Waals surface area (Å²) in [4.78, 5) is 13.8. The van der Waals surface area contributed by atoms with E-state index in [1.54, 1.807) is 47.0 Å². The molecule has 2 bridgehead atoms. The fraction of sp³-hybridized carbons (Fsp3) is 0.829. The van der Waals surface area contributed by atoms with Crippen LogP contribution in [0.4, 0.5) is 0 Å². The maximum atomic E-state index is 13.8. The minimum absolute atomic E-state index is 0.0702. The lowest BCUT2D eigenvalue weighted by Gasteiger charge is -2.55. The number of halogens is 1. The maximum Gasteiger partial charge on any atom is 0.314 e. The highest BCUT2D eigenvalue weighted by molar-refractivity contribution is 6.22. The SMILES string of the molecule is COC1C=C(C)CC(C=CC#CC2CC2Cl)OC(=O)C(C)C2(O)CC(OC3OC(C)C(O)C(C)(OC4OC(C)C(O)C(C)(O)C4OC)C3OC)C(C)C(O2)C1C. The first-order valence-electron chi connectivity index (χ1n) is 19.6. The fourth-order valence-corrected chi connectivity index (χ4v) is 8.85. The smallest absolute Gasteiger partial charge is 0.314 e. The molecule has 56 heavy (non-hydrogen) atoms. The van der Waals surface area contributed by atoms with E-state index in [9.17, 15) is 25.2 Å². The molecule has 4 heterocycles. The van der Waals surface area contributed by atoms with Crippen molar-refractivity contribution >= 4 is 17.6 Å². The van der Waals surface area contributed by atoms with Gasteiger partial charge in [-0.05, 0) is 60.1 Å². The van der Waals surface area contributed by atoms with Crippen molar-refractivity contribution in [3.8, 4) is 11.8 Å². The number of rotatable bonds is 8. The van der Waals surface area contributed by atoms with E-state index in [0.717, 1.165) is 12.0 Å². The highest BCUT2D eigenvalue weighted by Gasteiger charge is 2.61. The molecule has 5 aliphatic rings. The van der Waals surface area contributed by atoms with Gasteiger partial charge in [0.1, 0.15) is 47.6 Å². The number of alkyl halides is 1. The third kappa shape index (κ3) is 9.21. The van der Waals surface area contributed by atoms with Crippen LogP contribution in [-0.2, 0) is 47.4 Å². The largest absolute Gasteiger partial charge is 0.457 e. The van der Waals surface area contributed by atoms with Crippen molar-refractivity contribution in [3.05, 3.63) is 23.8 Å². The van der Waals surface area contributed by atoms with Gasteiger partial charge in [0.2, 0.25) is 0 Å². The molecule has 15 heteroatoms. The molecule has 5 rings (SSSR count). The van der Waals surface area contributed by atoms with Gasteiger partial charge in [0.25, 0.3) is 0 Å². The van der Waals surface area contributed by atoms with Gasteiger partial charge in [0.05, 0.1) is 30.5 Å². The quantitative estimate of drug-likeness (QED) is 0.122. The summed E-state index contributed by atoms with van der Waals surface area (Å²) in [5.74, 6) is 1.71. The third-order valence-electron chi connectivity index (χ3n) is 12.5. The van der Waals surface area contributed by atoms with Crippen molar-refractivity contribution in [2.24, 2.45) is 23.7 Å². The van der Waals surface area contributed by atoms with Crippen LogP contribution in [-0.4, -0.2) is 144 Å². The number of fused-ring (bicyclic) bond motifs is 2. The Kier molecular flexibility index (Phi) is 14.5. The first kappa shape index (κ1) is 45.4. The molecule has 1 saturated carbocycles. The highest BCUT2D eigenvalue weighted by Crippen LogP contribution is 2.45. The Labute approximate surface area is 336 Å². The van der Waals surface area contributed by atoms with Gasteiger partial charge in [-0.1, -0.05) is 37.3 Å². The van der Waals surface area contributed by atoms with Gasteiger partial charge in [-0.25, -0.2) is 0 Å². The van der Waals surface area contributed by atoms with E-state index in [1.165, 1.54) is 21.1 Å².